The van der Waals surface area contributed by atoms with E-state index in [1.807, 2.05) is 13.0 Å². The third-order valence-corrected chi connectivity index (χ3v) is 5.68. The molecule has 0 aromatic carbocycles. The molecule has 0 saturated carbocycles. The van der Waals surface area contributed by atoms with E-state index in [2.05, 4.69) is 21.2 Å². The highest BCUT2D eigenvalue weighted by Crippen LogP contribution is 2.25. The van der Waals surface area contributed by atoms with Crippen molar-refractivity contribution in [2.75, 3.05) is 46.4 Å². The lowest BCUT2D eigenvalue weighted by Gasteiger charge is -2.41. The van der Waals surface area contributed by atoms with Crippen LogP contribution in [-0.4, -0.2) is 68.2 Å². The number of aryl methyl sites for hydroxylation is 1. The van der Waals surface area contributed by atoms with Crippen molar-refractivity contribution in [1.29, 1.82) is 0 Å². The van der Waals surface area contributed by atoms with Gasteiger partial charge in [-0.2, -0.15) is 0 Å². The SMILES string of the molecule is COCCNC(=O)C1CCCN(C2CCN(Cc3ccc(C)o3)CC2)C1. The molecule has 2 aliphatic rings. The Morgan fingerprint density at radius 3 is 2.77 bits per heavy atom. The number of carbonyl (C=O) groups excluding carboxylic acids is 1. The van der Waals surface area contributed by atoms with E-state index < -0.39 is 0 Å². The van der Waals surface area contributed by atoms with E-state index in [1.54, 1.807) is 7.11 Å². The van der Waals surface area contributed by atoms with Crippen LogP contribution in [0.25, 0.3) is 0 Å². The molecule has 3 heterocycles. The molecule has 26 heavy (non-hydrogen) atoms. The molecule has 1 amide bonds. The molecular formula is C20H33N3O3. The summed E-state index contributed by atoms with van der Waals surface area (Å²) in [6, 6.07) is 4.73. The first-order valence-electron chi connectivity index (χ1n) is 9.94. The number of hydrogen-bond donors (Lipinski definition) is 1. The van der Waals surface area contributed by atoms with E-state index in [0.29, 0.717) is 19.2 Å². The number of hydrogen-bond acceptors (Lipinski definition) is 5. The molecule has 1 atom stereocenters. The number of methoxy groups -OCH3 is 1. The van der Waals surface area contributed by atoms with E-state index in [9.17, 15) is 4.79 Å². The normalized spacial score (nSPS) is 23.2. The Balaban J connectivity index is 1.42. The lowest BCUT2D eigenvalue weighted by atomic mass is 9.93. The smallest absolute Gasteiger partial charge is 0.224 e. The lowest BCUT2D eigenvalue weighted by Crippen LogP contribution is -2.50. The Bertz CT molecular complexity index is 566. The van der Waals surface area contributed by atoms with Gasteiger partial charge in [0.15, 0.2) is 0 Å². The molecular weight excluding hydrogens is 330 g/mol. The number of likely N-dealkylation sites (tertiary alicyclic amines) is 2. The van der Waals surface area contributed by atoms with Crippen molar-refractivity contribution in [3.63, 3.8) is 0 Å². The number of rotatable bonds is 7. The fourth-order valence-corrected chi connectivity index (χ4v) is 4.21. The summed E-state index contributed by atoms with van der Waals surface area (Å²) in [5.41, 5.74) is 0. The van der Waals surface area contributed by atoms with Crippen molar-refractivity contribution >= 4 is 5.91 Å². The molecule has 2 aliphatic heterocycles. The fraction of sp³-hybridized carbons (Fsp3) is 0.750. The molecule has 146 valence electrons. The predicted octanol–water partition coefficient (Wildman–Crippen LogP) is 2.03. The predicted molar refractivity (Wildman–Crippen MR) is 101 cm³/mol. The van der Waals surface area contributed by atoms with Crippen molar-refractivity contribution in [2.24, 2.45) is 5.92 Å². The highest BCUT2D eigenvalue weighted by atomic mass is 16.5. The molecule has 6 heteroatoms. The van der Waals surface area contributed by atoms with Gasteiger partial charge < -0.3 is 14.5 Å². The Hall–Kier alpha value is -1.37. The third kappa shape index (κ3) is 5.32. The topological polar surface area (TPSA) is 58.0 Å². The highest BCUT2D eigenvalue weighted by molar-refractivity contribution is 5.78. The van der Waals surface area contributed by atoms with Gasteiger partial charge >= 0.3 is 0 Å². The molecule has 1 aromatic heterocycles. The number of ether oxygens (including phenoxy) is 1. The van der Waals surface area contributed by atoms with Gasteiger partial charge in [-0.3, -0.25) is 14.6 Å². The molecule has 0 bridgehead atoms. The van der Waals surface area contributed by atoms with Gasteiger partial charge in [0.1, 0.15) is 11.5 Å². The quantitative estimate of drug-likeness (QED) is 0.751. The number of amides is 1. The zero-order valence-electron chi connectivity index (χ0n) is 16.2. The minimum Gasteiger partial charge on any atom is -0.465 e. The van der Waals surface area contributed by atoms with Crippen LogP contribution < -0.4 is 5.32 Å². The van der Waals surface area contributed by atoms with E-state index in [0.717, 1.165) is 57.1 Å². The van der Waals surface area contributed by atoms with Crippen LogP contribution in [-0.2, 0) is 16.1 Å². The average molecular weight is 364 g/mol. The van der Waals surface area contributed by atoms with Gasteiger partial charge in [-0.25, -0.2) is 0 Å². The Morgan fingerprint density at radius 1 is 1.27 bits per heavy atom. The van der Waals surface area contributed by atoms with Gasteiger partial charge in [0, 0.05) is 39.3 Å². The zero-order valence-corrected chi connectivity index (χ0v) is 16.2. The van der Waals surface area contributed by atoms with E-state index in [-0.39, 0.29) is 11.8 Å². The summed E-state index contributed by atoms with van der Waals surface area (Å²) in [5.74, 6) is 2.37. The second-order valence-electron chi connectivity index (χ2n) is 7.64. The molecule has 1 aromatic rings. The summed E-state index contributed by atoms with van der Waals surface area (Å²) in [5, 5.41) is 3.00. The lowest BCUT2D eigenvalue weighted by molar-refractivity contribution is -0.127. The number of piperidine rings is 2. The van der Waals surface area contributed by atoms with Crippen LogP contribution in [0.1, 0.15) is 37.2 Å². The van der Waals surface area contributed by atoms with Gasteiger partial charge in [-0.15, -0.1) is 0 Å². The maximum Gasteiger partial charge on any atom is 0.224 e. The van der Waals surface area contributed by atoms with Gasteiger partial charge in [-0.1, -0.05) is 0 Å². The van der Waals surface area contributed by atoms with Gasteiger partial charge in [0.25, 0.3) is 0 Å². The summed E-state index contributed by atoms with van der Waals surface area (Å²) < 4.78 is 10.7. The molecule has 3 rings (SSSR count). The number of nitrogens with one attached hydrogen (secondary N) is 1. The van der Waals surface area contributed by atoms with Crippen molar-refractivity contribution < 1.29 is 13.9 Å². The summed E-state index contributed by atoms with van der Waals surface area (Å²) in [6.07, 6.45) is 4.48. The van der Waals surface area contributed by atoms with Crippen LogP contribution in [0.5, 0.6) is 0 Å². The summed E-state index contributed by atoms with van der Waals surface area (Å²) in [6.45, 7) is 8.33. The first-order chi connectivity index (χ1) is 12.7. The fourth-order valence-electron chi connectivity index (χ4n) is 4.21. The van der Waals surface area contributed by atoms with E-state index >= 15 is 0 Å². The summed E-state index contributed by atoms with van der Waals surface area (Å²) in [7, 11) is 1.66. The molecule has 0 spiro atoms. The van der Waals surface area contributed by atoms with Crippen LogP contribution in [0.15, 0.2) is 16.5 Å². The minimum absolute atomic E-state index is 0.129. The maximum absolute atomic E-state index is 12.3. The minimum atomic E-state index is 0.129. The van der Waals surface area contributed by atoms with Crippen LogP contribution in [0.4, 0.5) is 0 Å². The summed E-state index contributed by atoms with van der Waals surface area (Å²) in [4.78, 5) is 17.4. The molecule has 2 fully saturated rings. The Labute approximate surface area is 156 Å². The van der Waals surface area contributed by atoms with Crippen LogP contribution in [0.3, 0.4) is 0 Å². The first-order valence-corrected chi connectivity index (χ1v) is 9.94. The highest BCUT2D eigenvalue weighted by Gasteiger charge is 2.31. The largest absolute Gasteiger partial charge is 0.465 e. The van der Waals surface area contributed by atoms with Gasteiger partial charge in [0.05, 0.1) is 19.1 Å². The van der Waals surface area contributed by atoms with Crippen molar-refractivity contribution in [2.45, 2.75) is 45.2 Å². The van der Waals surface area contributed by atoms with Crippen LogP contribution >= 0.6 is 0 Å². The second kappa shape index (κ2) is 9.53. The molecule has 6 nitrogen and oxygen atoms in total. The molecule has 1 N–H and O–H groups in total. The molecule has 2 saturated heterocycles. The van der Waals surface area contributed by atoms with Gasteiger partial charge in [-0.05, 0) is 51.3 Å². The van der Waals surface area contributed by atoms with Crippen LogP contribution in [0, 0.1) is 12.8 Å². The number of furan rings is 1. The summed E-state index contributed by atoms with van der Waals surface area (Å²) >= 11 is 0. The van der Waals surface area contributed by atoms with Crippen molar-refractivity contribution in [1.82, 2.24) is 15.1 Å². The molecule has 0 aliphatic carbocycles. The van der Waals surface area contributed by atoms with Crippen molar-refractivity contribution in [3.05, 3.63) is 23.7 Å². The average Bonchev–Trinajstić information content (AvgIpc) is 3.07. The first kappa shape index (κ1) is 19.4. The van der Waals surface area contributed by atoms with E-state index in [4.69, 9.17) is 9.15 Å². The van der Waals surface area contributed by atoms with Gasteiger partial charge in [0.2, 0.25) is 5.91 Å². The van der Waals surface area contributed by atoms with Crippen molar-refractivity contribution in [3.8, 4) is 0 Å². The number of nitrogens with zero attached hydrogens (tertiary/aromatic N) is 2. The standard InChI is InChI=1S/C20H33N3O3/c1-16-5-6-19(26-16)15-22-11-7-18(8-12-22)23-10-3-4-17(14-23)20(24)21-9-13-25-2/h5-6,17-18H,3-4,7-15H2,1-2H3,(H,21,24). The Kier molecular flexibility index (Phi) is 7.11. The Morgan fingerprint density at radius 2 is 2.08 bits per heavy atom. The third-order valence-electron chi connectivity index (χ3n) is 5.68. The monoisotopic (exact) mass is 363 g/mol. The van der Waals surface area contributed by atoms with Crippen LogP contribution in [0.2, 0.25) is 0 Å². The molecule has 0 radical (unpaired) electrons. The zero-order chi connectivity index (χ0) is 18.4. The second-order valence-corrected chi connectivity index (χ2v) is 7.64. The van der Waals surface area contributed by atoms with E-state index in [1.165, 1.54) is 12.8 Å². The molecule has 1 unspecified atom stereocenters. The number of carbonyl (C=O) groups is 1. The maximum atomic E-state index is 12.3.